The van der Waals surface area contributed by atoms with Gasteiger partial charge in [-0.15, -0.1) is 0 Å². The van der Waals surface area contributed by atoms with Crippen LogP contribution in [0.4, 0.5) is 0 Å². The maximum Gasteiger partial charge on any atom is 0.362 e. The molecule has 0 aromatic heterocycles. The minimum absolute atomic E-state index is 0.0879. The fourth-order valence-corrected chi connectivity index (χ4v) is 2.92. The molecule has 0 saturated heterocycles. The number of rotatable bonds is 10. The van der Waals surface area contributed by atoms with E-state index >= 15 is 0 Å². The van der Waals surface area contributed by atoms with Crippen LogP contribution in [-0.2, 0) is 42.2 Å². The molecule has 1 N–H and O–H groups in total. The largest absolute Gasteiger partial charge is 0.461 e. The van der Waals surface area contributed by atoms with E-state index in [1.54, 1.807) is 0 Å². The number of carbonyl (C=O) groups excluding carboxylic acids is 3. The Labute approximate surface area is 133 Å². The summed E-state index contributed by atoms with van der Waals surface area (Å²) in [7, 11) is -2.06. The second-order valence-corrected chi connectivity index (χ2v) is 6.74. The molecule has 0 aliphatic rings. The van der Waals surface area contributed by atoms with Crippen LogP contribution in [0, 0.1) is 0 Å². The van der Waals surface area contributed by atoms with E-state index in [0.717, 1.165) is 28.1 Å². The Bertz CT molecular complexity index is 457. The molecule has 0 bridgehead atoms. The maximum atomic E-state index is 12.3. The van der Waals surface area contributed by atoms with Crippen LogP contribution < -0.4 is 0 Å². The SMILES string of the molecule is COP(=O)(OC)[C@@H](O)[C@H](OC(C)=O)[C@@H](OC(C)=O)[C@H](C)OC=O. The molecule has 10 nitrogen and oxygen atoms in total. The number of hydrogen-bond donors (Lipinski definition) is 1. The van der Waals surface area contributed by atoms with Crippen molar-refractivity contribution in [2.24, 2.45) is 0 Å². The average molecular weight is 356 g/mol. The van der Waals surface area contributed by atoms with Crippen LogP contribution in [0.15, 0.2) is 0 Å². The highest BCUT2D eigenvalue weighted by atomic mass is 31.2. The van der Waals surface area contributed by atoms with Gasteiger partial charge in [0.1, 0.15) is 6.10 Å². The smallest absolute Gasteiger partial charge is 0.362 e. The lowest BCUT2D eigenvalue weighted by molar-refractivity contribution is -0.184. The van der Waals surface area contributed by atoms with Gasteiger partial charge in [0.2, 0.25) is 0 Å². The highest BCUT2D eigenvalue weighted by Gasteiger charge is 2.48. The van der Waals surface area contributed by atoms with Gasteiger partial charge in [0.25, 0.3) is 6.47 Å². The van der Waals surface area contributed by atoms with Crippen molar-refractivity contribution in [2.45, 2.75) is 44.9 Å². The molecule has 0 unspecified atom stereocenters. The lowest BCUT2D eigenvalue weighted by atomic mass is 10.1. The molecule has 134 valence electrons. The van der Waals surface area contributed by atoms with Gasteiger partial charge in [-0.05, 0) is 6.92 Å². The van der Waals surface area contributed by atoms with Crippen LogP contribution in [0.1, 0.15) is 20.8 Å². The van der Waals surface area contributed by atoms with Gasteiger partial charge in [-0.2, -0.15) is 0 Å². The van der Waals surface area contributed by atoms with Crippen molar-refractivity contribution in [3.8, 4) is 0 Å². The fourth-order valence-electron chi connectivity index (χ4n) is 1.75. The van der Waals surface area contributed by atoms with Crippen molar-refractivity contribution in [1.82, 2.24) is 0 Å². The molecule has 0 radical (unpaired) electrons. The van der Waals surface area contributed by atoms with Crippen LogP contribution in [0.2, 0.25) is 0 Å². The second-order valence-electron chi connectivity index (χ2n) is 4.40. The van der Waals surface area contributed by atoms with Crippen molar-refractivity contribution < 1.29 is 47.3 Å². The zero-order valence-corrected chi connectivity index (χ0v) is 14.3. The molecule has 0 aliphatic carbocycles. The molecule has 0 aromatic rings. The fraction of sp³-hybridized carbons (Fsp3) is 0.750. The Morgan fingerprint density at radius 2 is 1.48 bits per heavy atom. The molecule has 11 heteroatoms. The Balaban J connectivity index is 5.75. The molecule has 0 spiro atoms. The highest BCUT2D eigenvalue weighted by Crippen LogP contribution is 2.52. The molecular formula is C12H21O10P. The molecule has 0 aromatic carbocycles. The molecule has 0 aliphatic heterocycles. The van der Waals surface area contributed by atoms with Gasteiger partial charge in [0.15, 0.2) is 18.1 Å². The summed E-state index contributed by atoms with van der Waals surface area (Å²) in [6, 6.07) is 0. The quantitative estimate of drug-likeness (QED) is 0.250. The summed E-state index contributed by atoms with van der Waals surface area (Å²) in [4.78, 5) is 33.0. The van der Waals surface area contributed by atoms with Crippen molar-refractivity contribution in [3.63, 3.8) is 0 Å². The summed E-state index contributed by atoms with van der Waals surface area (Å²) in [5.41, 5.74) is 0. The predicted molar refractivity (Wildman–Crippen MR) is 75.4 cm³/mol. The number of ether oxygens (including phenoxy) is 3. The zero-order valence-electron chi connectivity index (χ0n) is 13.5. The van der Waals surface area contributed by atoms with Crippen LogP contribution in [0.5, 0.6) is 0 Å². The summed E-state index contributed by atoms with van der Waals surface area (Å²) in [6.45, 7) is 3.50. The van der Waals surface area contributed by atoms with Crippen LogP contribution in [0.25, 0.3) is 0 Å². The van der Waals surface area contributed by atoms with Gasteiger partial charge in [-0.1, -0.05) is 0 Å². The lowest BCUT2D eigenvalue weighted by Gasteiger charge is -2.33. The molecule has 0 rings (SSSR count). The topological polar surface area (TPSA) is 135 Å². The minimum atomic E-state index is -4.10. The van der Waals surface area contributed by atoms with E-state index in [9.17, 15) is 24.1 Å². The van der Waals surface area contributed by atoms with Gasteiger partial charge in [0.05, 0.1) is 0 Å². The molecule has 0 heterocycles. The molecule has 23 heavy (non-hydrogen) atoms. The monoisotopic (exact) mass is 356 g/mol. The molecule has 0 fully saturated rings. The van der Waals surface area contributed by atoms with Crippen molar-refractivity contribution in [1.29, 1.82) is 0 Å². The van der Waals surface area contributed by atoms with Gasteiger partial charge in [0, 0.05) is 28.1 Å². The molecule has 4 atom stereocenters. The van der Waals surface area contributed by atoms with Gasteiger partial charge >= 0.3 is 19.5 Å². The van der Waals surface area contributed by atoms with E-state index in [-0.39, 0.29) is 6.47 Å². The van der Waals surface area contributed by atoms with Gasteiger partial charge in [-0.25, -0.2) is 0 Å². The first-order valence-electron chi connectivity index (χ1n) is 6.45. The summed E-state index contributed by atoms with van der Waals surface area (Å²) in [5.74, 6) is -3.64. The van der Waals surface area contributed by atoms with Crippen molar-refractivity contribution >= 4 is 26.0 Å². The number of hydrogen-bond acceptors (Lipinski definition) is 10. The third-order valence-electron chi connectivity index (χ3n) is 2.79. The van der Waals surface area contributed by atoms with Crippen molar-refractivity contribution in [2.75, 3.05) is 14.2 Å². The van der Waals surface area contributed by atoms with E-state index in [0.29, 0.717) is 0 Å². The second kappa shape index (κ2) is 9.61. The maximum absolute atomic E-state index is 12.3. The summed E-state index contributed by atoms with van der Waals surface area (Å²) in [5, 5.41) is 10.3. The average Bonchev–Trinajstić information content (AvgIpc) is 2.48. The zero-order chi connectivity index (χ0) is 18.2. The Morgan fingerprint density at radius 1 is 1.04 bits per heavy atom. The normalized spacial score (nSPS) is 16.6. The van der Waals surface area contributed by atoms with Crippen molar-refractivity contribution in [3.05, 3.63) is 0 Å². The Kier molecular flexibility index (Phi) is 8.99. The van der Waals surface area contributed by atoms with Gasteiger partial charge < -0.3 is 28.4 Å². The highest BCUT2D eigenvalue weighted by molar-refractivity contribution is 7.54. The summed E-state index contributed by atoms with van der Waals surface area (Å²) < 4.78 is 36.1. The molecular weight excluding hydrogens is 335 g/mol. The van der Waals surface area contributed by atoms with E-state index in [4.69, 9.17) is 9.47 Å². The number of carbonyl (C=O) groups is 3. The Morgan fingerprint density at radius 3 is 1.83 bits per heavy atom. The van der Waals surface area contributed by atoms with E-state index in [2.05, 4.69) is 13.8 Å². The summed E-state index contributed by atoms with van der Waals surface area (Å²) in [6.07, 6.45) is -4.20. The van der Waals surface area contributed by atoms with E-state index in [1.165, 1.54) is 6.92 Å². The first-order valence-corrected chi connectivity index (χ1v) is 8.06. The van der Waals surface area contributed by atoms with Crippen LogP contribution in [-0.4, -0.2) is 61.9 Å². The predicted octanol–water partition coefficient (Wildman–Crippen LogP) is 0.216. The van der Waals surface area contributed by atoms with Crippen LogP contribution in [0.3, 0.4) is 0 Å². The molecule has 0 saturated carbocycles. The van der Waals surface area contributed by atoms with Gasteiger partial charge in [-0.3, -0.25) is 18.9 Å². The summed E-state index contributed by atoms with van der Waals surface area (Å²) >= 11 is 0. The van der Waals surface area contributed by atoms with E-state index < -0.39 is 43.7 Å². The first-order chi connectivity index (χ1) is 10.6. The minimum Gasteiger partial charge on any atom is -0.461 e. The third kappa shape index (κ3) is 6.26. The number of aliphatic hydroxyl groups is 1. The molecule has 0 amide bonds. The number of esters is 2. The van der Waals surface area contributed by atoms with Crippen LogP contribution >= 0.6 is 7.60 Å². The Hall–Kier alpha value is -1.48. The lowest BCUT2D eigenvalue weighted by Crippen LogP contribution is -2.49. The first kappa shape index (κ1) is 21.5. The van der Waals surface area contributed by atoms with E-state index in [1.807, 2.05) is 0 Å². The third-order valence-corrected chi connectivity index (χ3v) is 4.75. The standard InChI is InChI=1S/C12H21O10P/c1-7(20-6-13)10(21-8(2)14)11(22-9(3)15)12(16)23(17,18-4)19-5/h6-7,10-12,16H,1-5H3/t7-,10-,11+,12+/m0/s1. The number of aliphatic hydroxyl groups excluding tert-OH is 1.